The lowest BCUT2D eigenvalue weighted by atomic mass is 9.98. The summed E-state index contributed by atoms with van der Waals surface area (Å²) in [6.07, 6.45) is 1.03. The van der Waals surface area contributed by atoms with Crippen LogP contribution in [-0.2, 0) is 17.6 Å². The van der Waals surface area contributed by atoms with Gasteiger partial charge in [-0.25, -0.2) is 4.79 Å². The molecular formula is C16H16O5. The first-order valence-corrected chi connectivity index (χ1v) is 6.42. The maximum Gasteiger partial charge on any atom is 0.341 e. The summed E-state index contributed by atoms with van der Waals surface area (Å²) in [5.41, 5.74) is 1.54. The van der Waals surface area contributed by atoms with E-state index in [4.69, 9.17) is 0 Å². The van der Waals surface area contributed by atoms with Crippen molar-refractivity contribution in [2.24, 2.45) is 0 Å². The van der Waals surface area contributed by atoms with Crippen LogP contribution in [0.2, 0.25) is 0 Å². The first kappa shape index (κ1) is 14.7. The number of hydrogen-bond acceptors (Lipinski definition) is 5. The van der Waals surface area contributed by atoms with Gasteiger partial charge in [-0.1, -0.05) is 12.1 Å². The minimum absolute atomic E-state index is 0.0640. The summed E-state index contributed by atoms with van der Waals surface area (Å²) in [4.78, 5) is 11.7. The Labute approximate surface area is 122 Å². The molecule has 0 saturated carbocycles. The van der Waals surface area contributed by atoms with Crippen LogP contribution in [0.25, 0.3) is 0 Å². The SMILES string of the molecule is COC(=O)c1c(O)cc(O)cc1CCc1ccc(O)cc1. The lowest BCUT2D eigenvalue weighted by molar-refractivity contribution is 0.0596. The van der Waals surface area contributed by atoms with Gasteiger partial charge in [0.05, 0.1) is 7.11 Å². The third-order valence-corrected chi connectivity index (χ3v) is 3.19. The molecule has 2 aromatic carbocycles. The molecule has 0 saturated heterocycles. The molecule has 5 nitrogen and oxygen atoms in total. The molecular weight excluding hydrogens is 272 g/mol. The zero-order chi connectivity index (χ0) is 15.4. The topological polar surface area (TPSA) is 87.0 Å². The lowest BCUT2D eigenvalue weighted by Gasteiger charge is -2.11. The van der Waals surface area contributed by atoms with Crippen molar-refractivity contribution in [1.29, 1.82) is 0 Å². The summed E-state index contributed by atoms with van der Waals surface area (Å²) in [5, 5.41) is 28.6. The number of carbonyl (C=O) groups is 1. The second kappa shape index (κ2) is 6.17. The fourth-order valence-corrected chi connectivity index (χ4v) is 2.15. The van der Waals surface area contributed by atoms with Crippen LogP contribution in [0.4, 0.5) is 0 Å². The first-order valence-electron chi connectivity index (χ1n) is 6.42. The van der Waals surface area contributed by atoms with Crippen LogP contribution in [0.3, 0.4) is 0 Å². The normalized spacial score (nSPS) is 10.3. The fraction of sp³-hybridized carbons (Fsp3) is 0.188. The van der Waals surface area contributed by atoms with Gasteiger partial charge in [0.1, 0.15) is 22.8 Å². The third-order valence-electron chi connectivity index (χ3n) is 3.19. The number of esters is 1. The molecule has 0 spiro atoms. The summed E-state index contributed by atoms with van der Waals surface area (Å²) >= 11 is 0. The highest BCUT2D eigenvalue weighted by Crippen LogP contribution is 2.29. The van der Waals surface area contributed by atoms with E-state index >= 15 is 0 Å². The van der Waals surface area contributed by atoms with Crippen molar-refractivity contribution in [3.8, 4) is 17.2 Å². The minimum atomic E-state index is -0.645. The Morgan fingerprint density at radius 3 is 2.29 bits per heavy atom. The Morgan fingerprint density at radius 1 is 1.00 bits per heavy atom. The standard InChI is InChI=1S/C16H16O5/c1-21-16(20)15-11(8-13(18)9-14(15)19)5-2-10-3-6-12(17)7-4-10/h3-4,6-9,17-19H,2,5H2,1H3. The van der Waals surface area contributed by atoms with Gasteiger partial charge in [-0.05, 0) is 42.2 Å². The van der Waals surface area contributed by atoms with Crippen molar-refractivity contribution in [3.05, 3.63) is 53.1 Å². The van der Waals surface area contributed by atoms with E-state index in [9.17, 15) is 20.1 Å². The van der Waals surface area contributed by atoms with E-state index in [2.05, 4.69) is 4.74 Å². The summed E-state index contributed by atoms with van der Waals surface area (Å²) in [6.45, 7) is 0. The Hall–Kier alpha value is -2.69. The molecule has 0 aliphatic heterocycles. The number of methoxy groups -OCH3 is 1. The molecule has 110 valence electrons. The maximum absolute atomic E-state index is 11.7. The van der Waals surface area contributed by atoms with Crippen molar-refractivity contribution >= 4 is 5.97 Å². The number of rotatable bonds is 4. The Bertz CT molecular complexity index is 646. The zero-order valence-electron chi connectivity index (χ0n) is 11.5. The smallest absolute Gasteiger partial charge is 0.341 e. The molecule has 0 unspecified atom stereocenters. The van der Waals surface area contributed by atoms with Crippen LogP contribution in [0.5, 0.6) is 17.2 Å². The number of phenols is 3. The van der Waals surface area contributed by atoms with Crippen LogP contribution in [-0.4, -0.2) is 28.4 Å². The Kier molecular flexibility index (Phi) is 4.33. The number of aromatic hydroxyl groups is 3. The molecule has 0 fully saturated rings. The molecule has 0 radical (unpaired) electrons. The summed E-state index contributed by atoms with van der Waals surface area (Å²) in [7, 11) is 1.23. The number of ether oxygens (including phenoxy) is 1. The highest BCUT2D eigenvalue weighted by molar-refractivity contribution is 5.94. The molecule has 5 heteroatoms. The van der Waals surface area contributed by atoms with Crippen molar-refractivity contribution in [1.82, 2.24) is 0 Å². The quantitative estimate of drug-likeness (QED) is 0.752. The van der Waals surface area contributed by atoms with Crippen molar-refractivity contribution in [2.45, 2.75) is 12.8 Å². The number of phenolic OH excluding ortho intramolecular Hbond substituents is 3. The fourth-order valence-electron chi connectivity index (χ4n) is 2.15. The van der Waals surface area contributed by atoms with Gasteiger partial charge >= 0.3 is 5.97 Å². The largest absolute Gasteiger partial charge is 0.508 e. The summed E-state index contributed by atoms with van der Waals surface area (Å²) in [6, 6.07) is 9.25. The Balaban J connectivity index is 2.26. The molecule has 0 bridgehead atoms. The Morgan fingerprint density at radius 2 is 1.67 bits per heavy atom. The van der Waals surface area contributed by atoms with E-state index in [1.54, 1.807) is 24.3 Å². The molecule has 0 aromatic heterocycles. The summed E-state index contributed by atoms with van der Waals surface area (Å²) in [5.74, 6) is -0.874. The van der Waals surface area contributed by atoms with E-state index in [1.807, 2.05) is 0 Å². The highest BCUT2D eigenvalue weighted by Gasteiger charge is 2.18. The number of aryl methyl sites for hydroxylation is 2. The third kappa shape index (κ3) is 3.45. The van der Waals surface area contributed by atoms with Crippen molar-refractivity contribution < 1.29 is 24.9 Å². The molecule has 0 atom stereocenters. The van der Waals surface area contributed by atoms with Crippen molar-refractivity contribution in [3.63, 3.8) is 0 Å². The van der Waals surface area contributed by atoms with E-state index in [0.29, 0.717) is 18.4 Å². The van der Waals surface area contributed by atoms with E-state index < -0.39 is 5.97 Å². The van der Waals surface area contributed by atoms with E-state index in [1.165, 1.54) is 13.2 Å². The molecule has 0 aliphatic rings. The van der Waals surface area contributed by atoms with Gasteiger partial charge < -0.3 is 20.1 Å². The van der Waals surface area contributed by atoms with Crippen molar-refractivity contribution in [2.75, 3.05) is 7.11 Å². The molecule has 3 N–H and O–H groups in total. The lowest BCUT2D eigenvalue weighted by Crippen LogP contribution is -2.07. The molecule has 2 rings (SSSR count). The molecule has 0 aliphatic carbocycles. The molecule has 0 heterocycles. The predicted molar refractivity (Wildman–Crippen MR) is 76.6 cm³/mol. The van der Waals surface area contributed by atoms with Gasteiger partial charge in [-0.15, -0.1) is 0 Å². The van der Waals surface area contributed by atoms with Crippen LogP contribution < -0.4 is 0 Å². The number of carbonyl (C=O) groups excluding carboxylic acids is 1. The highest BCUT2D eigenvalue weighted by atomic mass is 16.5. The average Bonchev–Trinajstić information content (AvgIpc) is 2.45. The van der Waals surface area contributed by atoms with Gasteiger partial charge in [0.15, 0.2) is 0 Å². The van der Waals surface area contributed by atoms with Crippen LogP contribution in [0.1, 0.15) is 21.5 Å². The molecule has 0 amide bonds. The minimum Gasteiger partial charge on any atom is -0.508 e. The van der Waals surface area contributed by atoms with Gasteiger partial charge in [0.25, 0.3) is 0 Å². The van der Waals surface area contributed by atoms with Crippen LogP contribution >= 0.6 is 0 Å². The molecule has 21 heavy (non-hydrogen) atoms. The van der Waals surface area contributed by atoms with Crippen LogP contribution in [0, 0.1) is 0 Å². The van der Waals surface area contributed by atoms with Crippen LogP contribution in [0.15, 0.2) is 36.4 Å². The zero-order valence-corrected chi connectivity index (χ0v) is 11.5. The first-order chi connectivity index (χ1) is 10.0. The molecule has 2 aromatic rings. The van der Waals surface area contributed by atoms with Gasteiger partial charge in [-0.2, -0.15) is 0 Å². The summed E-state index contributed by atoms with van der Waals surface area (Å²) < 4.78 is 4.65. The predicted octanol–water partition coefficient (Wildman–Crippen LogP) is 2.38. The van der Waals surface area contributed by atoms with E-state index in [-0.39, 0.29) is 22.8 Å². The van der Waals surface area contributed by atoms with Gasteiger partial charge in [0, 0.05) is 6.07 Å². The van der Waals surface area contributed by atoms with Gasteiger partial charge in [0.2, 0.25) is 0 Å². The second-order valence-corrected chi connectivity index (χ2v) is 4.66. The number of benzene rings is 2. The average molecular weight is 288 g/mol. The van der Waals surface area contributed by atoms with Gasteiger partial charge in [-0.3, -0.25) is 0 Å². The monoisotopic (exact) mass is 288 g/mol. The maximum atomic E-state index is 11.7. The van der Waals surface area contributed by atoms with E-state index in [0.717, 1.165) is 11.6 Å². The second-order valence-electron chi connectivity index (χ2n) is 4.66. The number of hydrogen-bond donors (Lipinski definition) is 3.